The van der Waals surface area contributed by atoms with E-state index >= 15 is 0 Å². The fourth-order valence-corrected chi connectivity index (χ4v) is 2.40. The van der Waals surface area contributed by atoms with Gasteiger partial charge in [0.2, 0.25) is 0 Å². The van der Waals surface area contributed by atoms with Crippen LogP contribution >= 0.6 is 0 Å². The molecule has 0 aromatic carbocycles. The summed E-state index contributed by atoms with van der Waals surface area (Å²) in [6.45, 7) is 23.1. The third kappa shape index (κ3) is 18.1. The molecule has 0 rings (SSSR count). The Morgan fingerprint density at radius 3 is 1.78 bits per heavy atom. The van der Waals surface area contributed by atoms with Crippen LogP contribution in [0.5, 0.6) is 0 Å². The minimum atomic E-state index is 0.609. The number of nitrogens with zero attached hydrogens (tertiary/aromatic N) is 2. The minimum absolute atomic E-state index is 0.609. The van der Waals surface area contributed by atoms with Crippen LogP contribution in [0.2, 0.25) is 0 Å². The van der Waals surface area contributed by atoms with Gasteiger partial charge < -0.3 is 15.1 Å². The zero-order chi connectivity index (χ0) is 18.7. The van der Waals surface area contributed by atoms with Crippen LogP contribution in [0, 0.1) is 5.92 Å². The highest BCUT2D eigenvalue weighted by Crippen LogP contribution is 2.05. The van der Waals surface area contributed by atoms with Crippen LogP contribution in [0.3, 0.4) is 0 Å². The van der Waals surface area contributed by atoms with Gasteiger partial charge in [-0.2, -0.15) is 0 Å². The predicted octanol–water partition coefficient (Wildman–Crippen LogP) is 4.73. The molecule has 23 heavy (non-hydrogen) atoms. The highest BCUT2D eigenvalue weighted by Gasteiger charge is 2.14. The molecule has 0 bridgehead atoms. The standard InChI is InChI=1S/C16H37N3.2C2H6/c1-7-9-11-18(6)12-10-13-19(8-2)14-16(17-5)15(3)4;2*1-2/h15-17H,7-14H2,1-6H3;2*1-2H3. The van der Waals surface area contributed by atoms with Crippen molar-refractivity contribution in [3.05, 3.63) is 0 Å². The van der Waals surface area contributed by atoms with Crippen molar-refractivity contribution < 1.29 is 0 Å². The summed E-state index contributed by atoms with van der Waals surface area (Å²) < 4.78 is 0. The van der Waals surface area contributed by atoms with Gasteiger partial charge in [-0.25, -0.2) is 0 Å². The van der Waals surface area contributed by atoms with Gasteiger partial charge >= 0.3 is 0 Å². The summed E-state index contributed by atoms with van der Waals surface area (Å²) in [6.07, 6.45) is 3.90. The van der Waals surface area contributed by atoms with Gasteiger partial charge in [0.25, 0.3) is 0 Å². The van der Waals surface area contributed by atoms with E-state index in [9.17, 15) is 0 Å². The van der Waals surface area contributed by atoms with Gasteiger partial charge in [0.05, 0.1) is 0 Å². The third-order valence-electron chi connectivity index (χ3n) is 3.99. The monoisotopic (exact) mass is 331 g/mol. The molecule has 144 valence electrons. The maximum absolute atomic E-state index is 3.44. The van der Waals surface area contributed by atoms with Gasteiger partial charge in [-0.1, -0.05) is 61.8 Å². The van der Waals surface area contributed by atoms with Gasteiger partial charge in [0, 0.05) is 12.6 Å². The lowest BCUT2D eigenvalue weighted by molar-refractivity contribution is 0.216. The summed E-state index contributed by atoms with van der Waals surface area (Å²) in [5.74, 6) is 0.700. The largest absolute Gasteiger partial charge is 0.315 e. The molecule has 0 aromatic rings. The molecule has 0 saturated carbocycles. The molecule has 3 heteroatoms. The van der Waals surface area contributed by atoms with Crippen molar-refractivity contribution in [2.45, 2.75) is 80.7 Å². The van der Waals surface area contributed by atoms with E-state index in [4.69, 9.17) is 0 Å². The van der Waals surface area contributed by atoms with Crippen molar-refractivity contribution in [1.82, 2.24) is 15.1 Å². The molecule has 0 fully saturated rings. The summed E-state index contributed by atoms with van der Waals surface area (Å²) in [5, 5.41) is 3.44. The molecule has 0 saturated heterocycles. The van der Waals surface area contributed by atoms with Crippen LogP contribution in [-0.4, -0.2) is 62.7 Å². The van der Waals surface area contributed by atoms with Crippen LogP contribution in [0.4, 0.5) is 0 Å². The zero-order valence-corrected chi connectivity index (χ0v) is 18.2. The van der Waals surface area contributed by atoms with Crippen molar-refractivity contribution in [3.8, 4) is 0 Å². The first kappa shape index (κ1) is 27.7. The van der Waals surface area contributed by atoms with E-state index in [1.165, 1.54) is 45.4 Å². The minimum Gasteiger partial charge on any atom is -0.315 e. The number of hydrogen-bond donors (Lipinski definition) is 1. The molecule has 0 aliphatic carbocycles. The first-order valence-electron chi connectivity index (χ1n) is 10.1. The van der Waals surface area contributed by atoms with Gasteiger partial charge in [-0.3, -0.25) is 0 Å². The number of likely N-dealkylation sites (N-methyl/N-ethyl adjacent to an activating group) is 2. The lowest BCUT2D eigenvalue weighted by Crippen LogP contribution is -2.43. The van der Waals surface area contributed by atoms with E-state index < -0.39 is 0 Å². The maximum Gasteiger partial charge on any atom is 0.0214 e. The van der Waals surface area contributed by atoms with Crippen molar-refractivity contribution in [2.75, 3.05) is 46.8 Å². The molecule has 1 atom stereocenters. The highest BCUT2D eigenvalue weighted by molar-refractivity contribution is 4.73. The first-order chi connectivity index (χ1) is 11.0. The SMILES string of the molecule is CC.CC.CCCCN(C)CCCN(CC)CC(NC)C(C)C. The van der Waals surface area contributed by atoms with Crippen LogP contribution in [0.15, 0.2) is 0 Å². The Kier molecular flexibility index (Phi) is 26.4. The summed E-state index contributed by atoms with van der Waals surface area (Å²) in [4.78, 5) is 5.05. The van der Waals surface area contributed by atoms with Gasteiger partial charge in [0.1, 0.15) is 0 Å². The Hall–Kier alpha value is -0.120. The van der Waals surface area contributed by atoms with Crippen molar-refractivity contribution >= 4 is 0 Å². The van der Waals surface area contributed by atoms with Gasteiger partial charge in [0.15, 0.2) is 0 Å². The predicted molar refractivity (Wildman–Crippen MR) is 110 cm³/mol. The molecule has 0 spiro atoms. The molecule has 0 aliphatic heterocycles. The molecule has 0 aromatic heterocycles. The van der Waals surface area contributed by atoms with Crippen LogP contribution in [-0.2, 0) is 0 Å². The fraction of sp³-hybridized carbons (Fsp3) is 1.00. The number of hydrogen-bond acceptors (Lipinski definition) is 3. The molecular formula is C20H49N3. The average Bonchev–Trinajstić information content (AvgIpc) is 2.59. The number of nitrogens with one attached hydrogen (secondary N) is 1. The fourth-order valence-electron chi connectivity index (χ4n) is 2.40. The molecule has 3 nitrogen and oxygen atoms in total. The number of rotatable bonds is 12. The lowest BCUT2D eigenvalue weighted by Gasteiger charge is -2.29. The molecule has 0 radical (unpaired) electrons. The van der Waals surface area contributed by atoms with Crippen LogP contribution in [0.1, 0.15) is 74.7 Å². The normalized spacial score (nSPS) is 11.9. The second-order valence-electron chi connectivity index (χ2n) is 6.04. The average molecular weight is 332 g/mol. The molecule has 1 unspecified atom stereocenters. The number of unbranched alkanes of at least 4 members (excludes halogenated alkanes) is 1. The molecular weight excluding hydrogens is 282 g/mol. The molecule has 0 aliphatic rings. The summed E-state index contributed by atoms with van der Waals surface area (Å²) in [5.41, 5.74) is 0. The third-order valence-corrected chi connectivity index (χ3v) is 3.99. The van der Waals surface area contributed by atoms with E-state index in [2.05, 4.69) is 56.9 Å². The Morgan fingerprint density at radius 2 is 1.39 bits per heavy atom. The Labute approximate surface area is 149 Å². The van der Waals surface area contributed by atoms with Crippen molar-refractivity contribution in [1.29, 1.82) is 0 Å². The molecule has 0 amide bonds. The van der Waals surface area contributed by atoms with Crippen molar-refractivity contribution in [2.24, 2.45) is 5.92 Å². The Morgan fingerprint density at radius 1 is 0.870 bits per heavy atom. The van der Waals surface area contributed by atoms with E-state index in [0.29, 0.717) is 12.0 Å². The van der Waals surface area contributed by atoms with Crippen LogP contribution < -0.4 is 5.32 Å². The zero-order valence-electron chi connectivity index (χ0n) is 18.2. The second kappa shape index (κ2) is 21.9. The quantitative estimate of drug-likeness (QED) is 0.558. The summed E-state index contributed by atoms with van der Waals surface area (Å²) >= 11 is 0. The maximum atomic E-state index is 3.44. The molecule has 0 heterocycles. The van der Waals surface area contributed by atoms with Crippen molar-refractivity contribution in [3.63, 3.8) is 0 Å². The van der Waals surface area contributed by atoms with Gasteiger partial charge in [-0.15, -0.1) is 0 Å². The van der Waals surface area contributed by atoms with Gasteiger partial charge in [-0.05, 0) is 59.0 Å². The smallest absolute Gasteiger partial charge is 0.0214 e. The first-order valence-corrected chi connectivity index (χ1v) is 10.1. The second-order valence-corrected chi connectivity index (χ2v) is 6.04. The van der Waals surface area contributed by atoms with E-state index in [0.717, 1.165) is 6.54 Å². The molecule has 1 N–H and O–H groups in total. The Bertz CT molecular complexity index is 195. The Balaban J connectivity index is -0.000000919. The van der Waals surface area contributed by atoms with E-state index in [1.807, 2.05) is 27.7 Å². The topological polar surface area (TPSA) is 18.5 Å². The lowest BCUT2D eigenvalue weighted by atomic mass is 10.0. The van der Waals surface area contributed by atoms with E-state index in [-0.39, 0.29) is 0 Å². The van der Waals surface area contributed by atoms with Crippen LogP contribution in [0.25, 0.3) is 0 Å². The summed E-state index contributed by atoms with van der Waals surface area (Å²) in [6, 6.07) is 0.609. The highest BCUT2D eigenvalue weighted by atomic mass is 15.2. The summed E-state index contributed by atoms with van der Waals surface area (Å²) in [7, 11) is 4.33. The van der Waals surface area contributed by atoms with E-state index in [1.54, 1.807) is 0 Å².